The third kappa shape index (κ3) is 2.26. The molecule has 2 aliphatic rings. The molecule has 2 saturated carbocycles. The number of carboxylic acid groups (broad SMARTS) is 1. The van der Waals surface area contributed by atoms with Gasteiger partial charge in [-0.15, -0.1) is 0 Å². The SMILES string of the molecule is CCC12C(CC(Cc3cccc(Cl)c3Cl)C1(C#N)C(=O)CN)C2C(=O)O. The average Bonchev–Trinajstić information content (AvgIpc) is 3.20. The van der Waals surface area contributed by atoms with Gasteiger partial charge in [0, 0.05) is 5.41 Å². The Morgan fingerprint density at radius 3 is 2.65 bits per heavy atom. The van der Waals surface area contributed by atoms with Crippen LogP contribution in [0.5, 0.6) is 0 Å². The zero-order valence-electron chi connectivity index (χ0n) is 14.3. The van der Waals surface area contributed by atoms with Crippen LogP contribution in [0.15, 0.2) is 18.2 Å². The van der Waals surface area contributed by atoms with Gasteiger partial charge in [-0.2, -0.15) is 5.26 Å². The second-order valence-corrected chi connectivity index (χ2v) is 8.00. The van der Waals surface area contributed by atoms with Crippen LogP contribution in [0.25, 0.3) is 0 Å². The number of fused-ring (bicyclic) bond motifs is 1. The van der Waals surface area contributed by atoms with Crippen molar-refractivity contribution in [2.45, 2.75) is 26.2 Å². The number of nitrogens with two attached hydrogens (primary N) is 1. The van der Waals surface area contributed by atoms with E-state index in [0.717, 1.165) is 5.56 Å². The lowest BCUT2D eigenvalue weighted by Gasteiger charge is -2.37. The number of Topliss-reactive ketones (excluding diaryl/α,β-unsaturated/α-hetero) is 1. The molecule has 0 amide bonds. The van der Waals surface area contributed by atoms with Crippen molar-refractivity contribution in [3.8, 4) is 6.07 Å². The van der Waals surface area contributed by atoms with Crippen LogP contribution in [0.1, 0.15) is 25.3 Å². The average molecular weight is 395 g/mol. The van der Waals surface area contributed by atoms with E-state index >= 15 is 0 Å². The molecule has 0 bridgehead atoms. The van der Waals surface area contributed by atoms with Gasteiger partial charge in [0.1, 0.15) is 5.41 Å². The second-order valence-electron chi connectivity index (χ2n) is 7.21. The Hall–Kier alpha value is -1.61. The fourth-order valence-corrected chi connectivity index (χ4v) is 5.93. The van der Waals surface area contributed by atoms with Gasteiger partial charge in [0.25, 0.3) is 0 Å². The van der Waals surface area contributed by atoms with Gasteiger partial charge < -0.3 is 10.8 Å². The monoisotopic (exact) mass is 394 g/mol. The number of halogens is 2. The maximum atomic E-state index is 12.9. The number of aliphatic carboxylic acids is 1. The maximum Gasteiger partial charge on any atom is 0.307 e. The largest absolute Gasteiger partial charge is 0.481 e. The third-order valence-electron chi connectivity index (χ3n) is 6.55. The Kier molecular flexibility index (Phi) is 4.81. The highest BCUT2D eigenvalue weighted by Gasteiger charge is 2.83. The molecule has 3 N–H and O–H groups in total. The zero-order chi connectivity index (χ0) is 19.3. The van der Waals surface area contributed by atoms with E-state index in [1.54, 1.807) is 12.1 Å². The van der Waals surface area contributed by atoms with Crippen LogP contribution in [0.4, 0.5) is 0 Å². The maximum absolute atomic E-state index is 12.9. The summed E-state index contributed by atoms with van der Waals surface area (Å²) < 4.78 is 0. The molecular formula is C19H20Cl2N2O3. The molecule has 2 aliphatic carbocycles. The first-order valence-electron chi connectivity index (χ1n) is 8.62. The molecule has 1 aromatic carbocycles. The number of benzene rings is 1. The lowest BCUT2D eigenvalue weighted by atomic mass is 9.61. The number of carboxylic acids is 1. The number of ketones is 1. The molecule has 5 atom stereocenters. The van der Waals surface area contributed by atoms with E-state index in [-0.39, 0.29) is 24.2 Å². The lowest BCUT2D eigenvalue weighted by molar-refractivity contribution is -0.142. The fourth-order valence-electron chi connectivity index (χ4n) is 5.53. The van der Waals surface area contributed by atoms with Gasteiger partial charge in [-0.1, -0.05) is 42.3 Å². The van der Waals surface area contributed by atoms with Gasteiger partial charge in [-0.3, -0.25) is 9.59 Å². The van der Waals surface area contributed by atoms with Crippen LogP contribution in [-0.2, 0) is 16.0 Å². The van der Waals surface area contributed by atoms with E-state index in [0.29, 0.717) is 29.3 Å². The van der Waals surface area contributed by atoms with Crippen molar-refractivity contribution in [1.29, 1.82) is 5.26 Å². The summed E-state index contributed by atoms with van der Waals surface area (Å²) >= 11 is 12.4. The summed E-state index contributed by atoms with van der Waals surface area (Å²) in [5.74, 6) is -2.52. The van der Waals surface area contributed by atoms with Crippen molar-refractivity contribution in [3.63, 3.8) is 0 Å². The van der Waals surface area contributed by atoms with Crippen molar-refractivity contribution in [2.75, 3.05) is 6.54 Å². The molecule has 0 radical (unpaired) electrons. The normalized spacial score (nSPS) is 34.8. The molecule has 2 fully saturated rings. The first kappa shape index (κ1) is 19.2. The van der Waals surface area contributed by atoms with E-state index in [1.165, 1.54) is 0 Å². The minimum atomic E-state index is -1.41. The molecule has 0 heterocycles. The van der Waals surface area contributed by atoms with Crippen molar-refractivity contribution < 1.29 is 14.7 Å². The number of hydrogen-bond acceptors (Lipinski definition) is 4. The van der Waals surface area contributed by atoms with Crippen molar-refractivity contribution in [2.24, 2.45) is 34.3 Å². The quantitative estimate of drug-likeness (QED) is 0.769. The van der Waals surface area contributed by atoms with E-state index in [1.807, 2.05) is 13.0 Å². The summed E-state index contributed by atoms with van der Waals surface area (Å²) in [5.41, 5.74) is 4.15. The Morgan fingerprint density at radius 2 is 2.12 bits per heavy atom. The van der Waals surface area contributed by atoms with E-state index in [9.17, 15) is 20.0 Å². The van der Waals surface area contributed by atoms with Gasteiger partial charge in [-0.25, -0.2) is 0 Å². The molecular weight excluding hydrogens is 375 g/mol. The Morgan fingerprint density at radius 1 is 1.42 bits per heavy atom. The molecule has 26 heavy (non-hydrogen) atoms. The van der Waals surface area contributed by atoms with Crippen LogP contribution < -0.4 is 5.73 Å². The highest BCUT2D eigenvalue weighted by molar-refractivity contribution is 6.42. The molecule has 7 heteroatoms. The van der Waals surface area contributed by atoms with Gasteiger partial charge >= 0.3 is 5.97 Å². The van der Waals surface area contributed by atoms with Crippen LogP contribution in [0.3, 0.4) is 0 Å². The minimum Gasteiger partial charge on any atom is -0.481 e. The second kappa shape index (κ2) is 6.53. The smallest absolute Gasteiger partial charge is 0.307 e. The van der Waals surface area contributed by atoms with Crippen LogP contribution in [0.2, 0.25) is 10.0 Å². The topological polar surface area (TPSA) is 104 Å². The lowest BCUT2D eigenvalue weighted by Crippen LogP contribution is -2.48. The van der Waals surface area contributed by atoms with Gasteiger partial charge in [0.05, 0.1) is 28.6 Å². The molecule has 0 saturated heterocycles. The number of nitrogens with zero attached hydrogens (tertiary/aromatic N) is 1. The minimum absolute atomic E-state index is 0.192. The molecule has 1 aromatic rings. The molecule has 5 unspecified atom stereocenters. The summed E-state index contributed by atoms with van der Waals surface area (Å²) in [6.45, 7) is 1.56. The summed E-state index contributed by atoms with van der Waals surface area (Å²) in [6.07, 6.45) is 1.34. The number of carbonyl (C=O) groups is 2. The van der Waals surface area contributed by atoms with E-state index in [2.05, 4.69) is 6.07 Å². The highest BCUT2D eigenvalue weighted by Crippen LogP contribution is 2.79. The van der Waals surface area contributed by atoms with E-state index < -0.39 is 22.7 Å². The molecule has 5 nitrogen and oxygen atoms in total. The first-order valence-corrected chi connectivity index (χ1v) is 9.37. The highest BCUT2D eigenvalue weighted by atomic mass is 35.5. The van der Waals surface area contributed by atoms with Crippen molar-refractivity contribution in [1.82, 2.24) is 0 Å². The van der Waals surface area contributed by atoms with E-state index in [4.69, 9.17) is 28.9 Å². The summed E-state index contributed by atoms with van der Waals surface area (Å²) in [6, 6.07) is 7.50. The summed E-state index contributed by atoms with van der Waals surface area (Å²) in [7, 11) is 0. The molecule has 138 valence electrons. The fraction of sp³-hybridized carbons (Fsp3) is 0.526. The molecule has 3 rings (SSSR count). The molecule has 0 aliphatic heterocycles. The predicted molar refractivity (Wildman–Crippen MR) is 97.7 cm³/mol. The van der Waals surface area contributed by atoms with Crippen molar-refractivity contribution >= 4 is 35.0 Å². The molecule has 0 aromatic heterocycles. The van der Waals surface area contributed by atoms with Crippen LogP contribution >= 0.6 is 23.2 Å². The third-order valence-corrected chi connectivity index (χ3v) is 7.40. The number of carbonyl (C=O) groups excluding carboxylic acids is 1. The Balaban J connectivity index is 2.07. The number of nitriles is 1. The Bertz CT molecular complexity index is 821. The van der Waals surface area contributed by atoms with Crippen LogP contribution in [-0.4, -0.2) is 23.4 Å². The molecule has 0 spiro atoms. The van der Waals surface area contributed by atoms with Gasteiger partial charge in [0.2, 0.25) is 0 Å². The standard InChI is InChI=1S/C19H20Cl2N2O3/c1-2-18-12(15(18)17(25)26)7-11(19(18,9-23)14(24)8-22)6-10-4-3-5-13(20)16(10)21/h3-5,11-12,15H,2,6-8,22H2,1H3,(H,25,26). The van der Waals surface area contributed by atoms with Gasteiger partial charge in [-0.05, 0) is 42.7 Å². The predicted octanol–water partition coefficient (Wildman–Crippen LogP) is 3.32. The summed E-state index contributed by atoms with van der Waals surface area (Å²) in [5, 5.41) is 20.5. The number of rotatable bonds is 6. The zero-order valence-corrected chi connectivity index (χ0v) is 15.8. The number of hydrogen-bond donors (Lipinski definition) is 2. The Labute approximate surface area is 162 Å². The first-order chi connectivity index (χ1) is 12.3. The van der Waals surface area contributed by atoms with Gasteiger partial charge in [0.15, 0.2) is 5.78 Å². The van der Waals surface area contributed by atoms with Crippen molar-refractivity contribution in [3.05, 3.63) is 33.8 Å². The summed E-state index contributed by atoms with van der Waals surface area (Å²) in [4.78, 5) is 24.6. The van der Waals surface area contributed by atoms with Crippen LogP contribution in [0, 0.1) is 39.9 Å².